The number of amides is 1. The maximum absolute atomic E-state index is 12.4. The van der Waals surface area contributed by atoms with E-state index in [4.69, 9.17) is 10.7 Å². The van der Waals surface area contributed by atoms with Crippen molar-refractivity contribution < 1.29 is 4.79 Å². The summed E-state index contributed by atoms with van der Waals surface area (Å²) in [4.78, 5) is 30.3. The summed E-state index contributed by atoms with van der Waals surface area (Å²) in [6, 6.07) is 15.9. The molecule has 9 heteroatoms. The topological polar surface area (TPSA) is 112 Å². The molecule has 1 atom stereocenters. The number of nitrogens with zero attached hydrogens (tertiary/aromatic N) is 5. The Bertz CT molecular complexity index is 1210. The van der Waals surface area contributed by atoms with Crippen molar-refractivity contribution in [2.75, 3.05) is 43.9 Å². The van der Waals surface area contributed by atoms with E-state index in [1.807, 2.05) is 67.5 Å². The summed E-state index contributed by atoms with van der Waals surface area (Å²) in [7, 11) is 3.95. The number of rotatable bonds is 9. The Morgan fingerprint density at radius 2 is 2.03 bits per heavy atom. The first-order chi connectivity index (χ1) is 17.4. The molecule has 1 amide bonds. The van der Waals surface area contributed by atoms with Crippen LogP contribution in [0.2, 0.25) is 0 Å². The maximum Gasteiger partial charge on any atom is 0.251 e. The van der Waals surface area contributed by atoms with Gasteiger partial charge in [-0.25, -0.2) is 15.0 Å². The van der Waals surface area contributed by atoms with E-state index >= 15 is 0 Å². The third-order valence-electron chi connectivity index (χ3n) is 6.23. The summed E-state index contributed by atoms with van der Waals surface area (Å²) in [5.74, 6) is 2.05. The van der Waals surface area contributed by atoms with Gasteiger partial charge in [-0.05, 0) is 69.8 Å². The zero-order valence-corrected chi connectivity index (χ0v) is 21.1. The van der Waals surface area contributed by atoms with Gasteiger partial charge < -0.3 is 26.2 Å². The van der Waals surface area contributed by atoms with Crippen LogP contribution in [0.4, 0.5) is 23.1 Å². The molecule has 0 unspecified atom stereocenters. The van der Waals surface area contributed by atoms with Crippen LogP contribution < -0.4 is 21.3 Å². The van der Waals surface area contributed by atoms with Gasteiger partial charge in [0, 0.05) is 43.0 Å². The Hall–Kier alpha value is -3.98. The number of hydrogen-bond donors (Lipinski definition) is 3. The van der Waals surface area contributed by atoms with E-state index in [1.54, 1.807) is 6.20 Å². The number of hydrogen-bond acceptors (Lipinski definition) is 7. The Labute approximate surface area is 212 Å². The fraction of sp³-hybridized carbons (Fsp3) is 0.333. The zero-order chi connectivity index (χ0) is 25.5. The fourth-order valence-corrected chi connectivity index (χ4v) is 4.25. The van der Waals surface area contributed by atoms with Gasteiger partial charge in [0.2, 0.25) is 0 Å². The number of aromatic nitrogens is 2. The van der Waals surface area contributed by atoms with Gasteiger partial charge in [0.15, 0.2) is 5.82 Å². The van der Waals surface area contributed by atoms with Crippen molar-refractivity contribution in [3.63, 3.8) is 0 Å². The normalized spacial score (nSPS) is 15.6. The lowest BCUT2D eigenvalue weighted by Gasteiger charge is -2.23. The van der Waals surface area contributed by atoms with Crippen LogP contribution in [0, 0.1) is 0 Å². The first-order valence-electron chi connectivity index (χ1n) is 12.2. The third kappa shape index (κ3) is 6.17. The van der Waals surface area contributed by atoms with Crippen LogP contribution in [-0.4, -0.2) is 66.9 Å². The molecular weight excluding hydrogens is 452 g/mol. The van der Waals surface area contributed by atoms with Gasteiger partial charge in [-0.3, -0.25) is 4.79 Å². The van der Waals surface area contributed by atoms with E-state index in [9.17, 15) is 4.79 Å². The second kappa shape index (κ2) is 11.6. The van der Waals surface area contributed by atoms with Crippen LogP contribution >= 0.6 is 0 Å². The molecule has 1 aliphatic rings. The molecule has 0 spiro atoms. The van der Waals surface area contributed by atoms with Gasteiger partial charge in [0.05, 0.1) is 12.0 Å². The summed E-state index contributed by atoms with van der Waals surface area (Å²) in [6.07, 6.45) is 5.33. The summed E-state index contributed by atoms with van der Waals surface area (Å²) in [6.45, 7) is 4.63. The lowest BCUT2D eigenvalue weighted by atomic mass is 10.0. The lowest BCUT2D eigenvalue weighted by Crippen LogP contribution is -2.31. The molecule has 3 aromatic rings. The van der Waals surface area contributed by atoms with Gasteiger partial charge in [0.25, 0.3) is 5.91 Å². The number of likely N-dealkylation sites (N-methyl/N-ethyl adjacent to an activating group) is 1. The molecule has 1 aromatic carbocycles. The highest BCUT2D eigenvalue weighted by molar-refractivity contribution is 5.94. The molecule has 3 heterocycles. The van der Waals surface area contributed by atoms with Gasteiger partial charge >= 0.3 is 0 Å². The van der Waals surface area contributed by atoms with Crippen molar-refractivity contribution >= 4 is 35.4 Å². The van der Waals surface area contributed by atoms with Crippen molar-refractivity contribution in [1.29, 1.82) is 0 Å². The first kappa shape index (κ1) is 25.1. The van der Waals surface area contributed by atoms with Crippen LogP contribution in [0.15, 0.2) is 59.7 Å². The van der Waals surface area contributed by atoms with Crippen molar-refractivity contribution in [1.82, 2.24) is 20.2 Å². The summed E-state index contributed by atoms with van der Waals surface area (Å²) in [5, 5.41) is 6.30. The molecule has 188 valence electrons. The molecule has 36 heavy (non-hydrogen) atoms. The second-order valence-corrected chi connectivity index (χ2v) is 9.20. The molecule has 1 saturated heterocycles. The number of benzene rings is 1. The summed E-state index contributed by atoms with van der Waals surface area (Å²) in [5.41, 5.74) is 8.70. The number of carbonyl (C=O) groups is 1. The Balaban J connectivity index is 1.54. The summed E-state index contributed by atoms with van der Waals surface area (Å²) >= 11 is 0. The number of carbonyl (C=O) groups excluding carboxylic acids is 1. The molecule has 4 rings (SSSR count). The maximum atomic E-state index is 12.4. The van der Waals surface area contributed by atoms with Crippen LogP contribution in [0.25, 0.3) is 11.1 Å². The standard InChI is InChI=1S/C27H34N8O/c1-19-6-5-14-35(19)25-8-4-7-24(33-25)32-23-16-22(17-30-26(23)31-18-28)20-9-11-21(12-10-20)27(36)29-13-15-34(2)3/h4,7-12,16-19H,5-6,13-15H2,1-3H3,(H,29,36)(H,32,33)(H2,28,30,31)/t19-/m0/s1. The van der Waals surface area contributed by atoms with Gasteiger partial charge in [-0.2, -0.15) is 0 Å². The predicted octanol–water partition coefficient (Wildman–Crippen LogP) is 3.79. The molecule has 1 fully saturated rings. The number of anilines is 3. The Morgan fingerprint density at radius 1 is 1.22 bits per heavy atom. The Morgan fingerprint density at radius 3 is 2.72 bits per heavy atom. The highest BCUT2D eigenvalue weighted by Crippen LogP contribution is 2.32. The molecule has 0 saturated carbocycles. The first-order valence-corrected chi connectivity index (χ1v) is 12.2. The second-order valence-electron chi connectivity index (χ2n) is 9.20. The number of pyridine rings is 2. The van der Waals surface area contributed by atoms with E-state index in [0.717, 1.165) is 30.0 Å². The van der Waals surface area contributed by atoms with Crippen LogP contribution in [0.1, 0.15) is 30.1 Å². The minimum atomic E-state index is -0.0882. The van der Waals surface area contributed by atoms with Crippen molar-refractivity contribution in [2.24, 2.45) is 10.7 Å². The summed E-state index contributed by atoms with van der Waals surface area (Å²) < 4.78 is 0. The smallest absolute Gasteiger partial charge is 0.251 e. The molecule has 9 nitrogen and oxygen atoms in total. The van der Waals surface area contributed by atoms with Crippen molar-refractivity contribution in [2.45, 2.75) is 25.8 Å². The largest absolute Gasteiger partial charge is 0.390 e. The molecule has 0 aliphatic carbocycles. The average molecular weight is 487 g/mol. The van der Waals surface area contributed by atoms with Gasteiger partial charge in [0.1, 0.15) is 11.6 Å². The third-order valence-corrected chi connectivity index (χ3v) is 6.23. The van der Waals surface area contributed by atoms with Crippen molar-refractivity contribution in [3.05, 3.63) is 60.3 Å². The minimum Gasteiger partial charge on any atom is -0.390 e. The van der Waals surface area contributed by atoms with Gasteiger partial charge in [-0.1, -0.05) is 18.2 Å². The molecule has 1 aliphatic heterocycles. The highest BCUT2D eigenvalue weighted by atomic mass is 16.1. The van der Waals surface area contributed by atoms with E-state index in [2.05, 4.69) is 32.4 Å². The van der Waals surface area contributed by atoms with Crippen LogP contribution in [0.3, 0.4) is 0 Å². The highest BCUT2D eigenvalue weighted by Gasteiger charge is 2.21. The number of nitrogens with one attached hydrogen (secondary N) is 2. The molecular formula is C27H34N8O. The van der Waals surface area contributed by atoms with E-state index in [-0.39, 0.29) is 5.91 Å². The average Bonchev–Trinajstić information content (AvgIpc) is 3.31. The molecule has 0 radical (unpaired) electrons. The quantitative estimate of drug-likeness (QED) is 0.312. The lowest BCUT2D eigenvalue weighted by molar-refractivity contribution is 0.0951. The molecule has 2 aromatic heterocycles. The molecule has 4 N–H and O–H groups in total. The van der Waals surface area contributed by atoms with E-state index in [0.29, 0.717) is 35.5 Å². The van der Waals surface area contributed by atoms with Gasteiger partial charge in [-0.15, -0.1) is 0 Å². The Kier molecular flexibility index (Phi) is 8.12. The SMILES string of the molecule is C[C@H]1CCCN1c1cccc(Nc2cc(-c3ccc(C(=O)NCCN(C)C)cc3)cnc2/N=C\N)n1. The van der Waals surface area contributed by atoms with Crippen LogP contribution in [-0.2, 0) is 0 Å². The number of aliphatic imine (C=N–C) groups is 1. The molecule has 0 bridgehead atoms. The number of nitrogens with two attached hydrogens (primary N) is 1. The van der Waals surface area contributed by atoms with E-state index < -0.39 is 0 Å². The van der Waals surface area contributed by atoms with Crippen molar-refractivity contribution in [3.8, 4) is 11.1 Å². The van der Waals surface area contributed by atoms with E-state index in [1.165, 1.54) is 19.2 Å². The minimum absolute atomic E-state index is 0.0882. The monoisotopic (exact) mass is 486 g/mol. The predicted molar refractivity (Wildman–Crippen MR) is 146 cm³/mol. The fourth-order valence-electron chi connectivity index (χ4n) is 4.25. The zero-order valence-electron chi connectivity index (χ0n) is 21.1. The van der Waals surface area contributed by atoms with Crippen LogP contribution in [0.5, 0.6) is 0 Å².